The summed E-state index contributed by atoms with van der Waals surface area (Å²) in [6, 6.07) is 15.4. The Hall–Kier alpha value is -4.07. The van der Waals surface area contributed by atoms with Crippen molar-refractivity contribution in [2.75, 3.05) is 11.5 Å². The summed E-state index contributed by atoms with van der Waals surface area (Å²) >= 11 is 0. The predicted molar refractivity (Wildman–Crippen MR) is 130 cm³/mol. The number of fused-ring (bicyclic) bond motifs is 2. The number of halogens is 3. The van der Waals surface area contributed by atoms with Crippen molar-refractivity contribution in [3.63, 3.8) is 0 Å². The van der Waals surface area contributed by atoms with Crippen LogP contribution in [0.15, 0.2) is 75.9 Å². The zero-order chi connectivity index (χ0) is 25.6. The molecular formula is C28H22F3NO4. The molecule has 5 rings (SSSR count). The van der Waals surface area contributed by atoms with Crippen LogP contribution in [0.5, 0.6) is 5.75 Å². The smallest absolute Gasteiger partial charge is 0.416 e. The van der Waals surface area contributed by atoms with Crippen molar-refractivity contribution in [2.24, 2.45) is 0 Å². The van der Waals surface area contributed by atoms with Gasteiger partial charge in [-0.3, -0.25) is 14.5 Å². The molecule has 0 aliphatic carbocycles. The summed E-state index contributed by atoms with van der Waals surface area (Å²) in [5.74, 6) is -0.248. The number of benzene rings is 3. The molecule has 0 fully saturated rings. The van der Waals surface area contributed by atoms with E-state index in [-0.39, 0.29) is 22.6 Å². The minimum absolute atomic E-state index is 0.0113. The molecule has 2 heterocycles. The number of nitrogens with zero attached hydrogens (tertiary/aromatic N) is 1. The number of amides is 1. The van der Waals surface area contributed by atoms with E-state index in [9.17, 15) is 22.8 Å². The van der Waals surface area contributed by atoms with Crippen molar-refractivity contribution in [1.82, 2.24) is 0 Å². The van der Waals surface area contributed by atoms with E-state index in [1.165, 1.54) is 17.0 Å². The van der Waals surface area contributed by atoms with Crippen molar-refractivity contribution < 1.29 is 27.1 Å². The molecule has 3 aromatic carbocycles. The summed E-state index contributed by atoms with van der Waals surface area (Å²) < 4.78 is 52.0. The minimum atomic E-state index is -4.60. The first-order valence-electron chi connectivity index (χ1n) is 11.5. The second kappa shape index (κ2) is 8.86. The molecule has 1 atom stereocenters. The van der Waals surface area contributed by atoms with Gasteiger partial charge in [-0.15, -0.1) is 0 Å². The first-order valence-corrected chi connectivity index (χ1v) is 11.5. The predicted octanol–water partition coefficient (Wildman–Crippen LogP) is 6.66. The molecule has 4 aromatic rings. The van der Waals surface area contributed by atoms with Crippen molar-refractivity contribution >= 4 is 22.6 Å². The van der Waals surface area contributed by atoms with E-state index in [0.717, 1.165) is 24.1 Å². The summed E-state index contributed by atoms with van der Waals surface area (Å²) in [7, 11) is 0. The van der Waals surface area contributed by atoms with E-state index in [2.05, 4.69) is 0 Å². The number of alkyl halides is 3. The van der Waals surface area contributed by atoms with Gasteiger partial charge in [-0.05, 0) is 61.4 Å². The third-order valence-electron chi connectivity index (χ3n) is 6.15. The molecule has 0 saturated heterocycles. The summed E-state index contributed by atoms with van der Waals surface area (Å²) in [4.78, 5) is 28.5. The molecule has 1 amide bonds. The molecule has 0 radical (unpaired) electrons. The molecule has 0 bridgehead atoms. The fourth-order valence-corrected chi connectivity index (χ4v) is 4.47. The second-order valence-corrected chi connectivity index (χ2v) is 8.72. The van der Waals surface area contributed by atoms with Crippen LogP contribution in [-0.2, 0) is 6.18 Å². The molecule has 36 heavy (non-hydrogen) atoms. The lowest BCUT2D eigenvalue weighted by Crippen LogP contribution is -2.29. The molecule has 0 N–H and O–H groups in total. The number of rotatable bonds is 5. The Balaban J connectivity index is 1.72. The Kier molecular flexibility index (Phi) is 5.82. The molecule has 0 spiro atoms. The standard InChI is InChI=1S/C28H22F3NO4/c1-3-13-35-20-10-8-17(9-11-20)24-23-25(33)21-14-16(2)7-12-22(21)36-26(23)27(34)32(24)19-6-4-5-18(15-19)28(29,30)31/h4-12,14-15,24H,3,13H2,1-2H3. The van der Waals surface area contributed by atoms with Gasteiger partial charge in [0.25, 0.3) is 5.91 Å². The van der Waals surface area contributed by atoms with Gasteiger partial charge in [0.05, 0.1) is 29.2 Å². The molecule has 0 saturated carbocycles. The van der Waals surface area contributed by atoms with Gasteiger partial charge >= 0.3 is 6.18 Å². The van der Waals surface area contributed by atoms with Gasteiger partial charge in [0, 0.05) is 5.69 Å². The van der Waals surface area contributed by atoms with Crippen LogP contribution < -0.4 is 15.1 Å². The average molecular weight is 493 g/mol. The van der Waals surface area contributed by atoms with Crippen LogP contribution >= 0.6 is 0 Å². The topological polar surface area (TPSA) is 59.8 Å². The van der Waals surface area contributed by atoms with Gasteiger partial charge in [0.2, 0.25) is 5.76 Å². The van der Waals surface area contributed by atoms with Crippen molar-refractivity contribution in [3.05, 3.63) is 105 Å². The Morgan fingerprint density at radius 2 is 1.75 bits per heavy atom. The average Bonchev–Trinajstić information content (AvgIpc) is 3.15. The van der Waals surface area contributed by atoms with Crippen LogP contribution in [0, 0.1) is 6.92 Å². The molecule has 1 unspecified atom stereocenters. The highest BCUT2D eigenvalue weighted by Gasteiger charge is 2.44. The van der Waals surface area contributed by atoms with Crippen LogP contribution in [0.4, 0.5) is 18.9 Å². The SMILES string of the molecule is CCCOc1ccc(C2c3c(oc4ccc(C)cc4c3=O)C(=O)N2c2cccc(C(F)(F)F)c2)cc1. The third-order valence-corrected chi connectivity index (χ3v) is 6.15. The van der Waals surface area contributed by atoms with Crippen LogP contribution in [0.2, 0.25) is 0 Å². The van der Waals surface area contributed by atoms with Crippen molar-refractivity contribution in [3.8, 4) is 5.75 Å². The monoisotopic (exact) mass is 493 g/mol. The number of anilines is 1. The van der Waals surface area contributed by atoms with Crippen LogP contribution in [0.25, 0.3) is 11.0 Å². The zero-order valence-corrected chi connectivity index (χ0v) is 19.6. The van der Waals surface area contributed by atoms with Crippen LogP contribution in [0.3, 0.4) is 0 Å². The van der Waals surface area contributed by atoms with E-state index >= 15 is 0 Å². The van der Waals surface area contributed by atoms with Gasteiger partial charge in [0.15, 0.2) is 5.43 Å². The van der Waals surface area contributed by atoms with E-state index in [1.807, 2.05) is 13.8 Å². The maximum Gasteiger partial charge on any atom is 0.416 e. The number of ether oxygens (including phenoxy) is 1. The number of carbonyl (C=O) groups excluding carboxylic acids is 1. The van der Waals surface area contributed by atoms with E-state index in [1.54, 1.807) is 42.5 Å². The number of hydrogen-bond donors (Lipinski definition) is 0. The Morgan fingerprint density at radius 1 is 1.00 bits per heavy atom. The number of carbonyl (C=O) groups is 1. The molecule has 1 aromatic heterocycles. The molecule has 184 valence electrons. The molecule has 1 aliphatic heterocycles. The number of hydrogen-bond acceptors (Lipinski definition) is 4. The minimum Gasteiger partial charge on any atom is -0.494 e. The lowest BCUT2D eigenvalue weighted by Gasteiger charge is -2.26. The van der Waals surface area contributed by atoms with Crippen LogP contribution in [0.1, 0.15) is 52.2 Å². The second-order valence-electron chi connectivity index (χ2n) is 8.72. The van der Waals surface area contributed by atoms with Gasteiger partial charge in [0.1, 0.15) is 11.3 Å². The van der Waals surface area contributed by atoms with Gasteiger partial charge < -0.3 is 9.15 Å². The molecular weight excluding hydrogens is 471 g/mol. The fraction of sp³-hybridized carbons (Fsp3) is 0.214. The summed E-state index contributed by atoms with van der Waals surface area (Å²) in [5.41, 5.74) is 0.436. The zero-order valence-electron chi connectivity index (χ0n) is 19.6. The van der Waals surface area contributed by atoms with E-state index < -0.39 is 29.1 Å². The first kappa shape index (κ1) is 23.7. The van der Waals surface area contributed by atoms with Gasteiger partial charge in [-0.2, -0.15) is 13.2 Å². The number of aryl methyl sites for hydroxylation is 1. The summed E-state index contributed by atoms with van der Waals surface area (Å²) in [6.07, 6.45) is -3.78. The normalized spacial score (nSPS) is 15.4. The lowest BCUT2D eigenvalue weighted by atomic mass is 9.97. The maximum atomic E-state index is 13.7. The molecule has 5 nitrogen and oxygen atoms in total. The fourth-order valence-electron chi connectivity index (χ4n) is 4.47. The summed E-state index contributed by atoms with van der Waals surface area (Å²) in [5, 5.41) is 0.306. The van der Waals surface area contributed by atoms with E-state index in [4.69, 9.17) is 9.15 Å². The largest absolute Gasteiger partial charge is 0.494 e. The Bertz CT molecular complexity index is 1520. The van der Waals surface area contributed by atoms with Gasteiger partial charge in [-0.25, -0.2) is 0 Å². The Labute approximate surface area is 204 Å². The maximum absolute atomic E-state index is 13.7. The highest BCUT2D eigenvalue weighted by Crippen LogP contribution is 2.43. The highest BCUT2D eigenvalue weighted by atomic mass is 19.4. The van der Waals surface area contributed by atoms with Crippen molar-refractivity contribution in [1.29, 1.82) is 0 Å². The van der Waals surface area contributed by atoms with Crippen molar-refractivity contribution in [2.45, 2.75) is 32.5 Å². The summed E-state index contributed by atoms with van der Waals surface area (Å²) in [6.45, 7) is 4.34. The third kappa shape index (κ3) is 4.02. The molecule has 8 heteroatoms. The molecule has 1 aliphatic rings. The van der Waals surface area contributed by atoms with E-state index in [0.29, 0.717) is 23.3 Å². The van der Waals surface area contributed by atoms with Crippen LogP contribution in [-0.4, -0.2) is 12.5 Å². The Morgan fingerprint density at radius 3 is 2.44 bits per heavy atom. The quantitative estimate of drug-likeness (QED) is 0.312. The van der Waals surface area contributed by atoms with Gasteiger partial charge in [-0.1, -0.05) is 36.8 Å². The lowest BCUT2D eigenvalue weighted by molar-refractivity contribution is -0.137. The first-order chi connectivity index (χ1) is 17.2. The highest BCUT2D eigenvalue weighted by molar-refractivity contribution is 6.10.